The molecule has 19 heteroatoms. The lowest BCUT2D eigenvalue weighted by molar-refractivity contribution is 1.79. The molecule has 0 unspecified atom stereocenters. The fourth-order valence-corrected chi connectivity index (χ4v) is 2.81. The molecule has 0 aromatic carbocycles. The molecule has 0 amide bonds. The smallest absolute Gasteiger partial charge is 0.126 e. The molecule has 0 atom stereocenters. The molecule has 0 saturated heterocycles. The van der Waals surface area contributed by atoms with Crippen LogP contribution in [0, 0.1) is 0 Å². The third kappa shape index (κ3) is 6.20. The summed E-state index contributed by atoms with van der Waals surface area (Å²) in [5.74, 6) is 0. The number of hydrogen-bond donors (Lipinski definition) is 1. The maximum absolute atomic E-state index is 7.86. The van der Waals surface area contributed by atoms with Crippen molar-refractivity contribution < 1.29 is 1.41 Å². The van der Waals surface area contributed by atoms with E-state index < -0.39 is 51.3 Å². The van der Waals surface area contributed by atoms with Gasteiger partial charge in [-0.3, -0.25) is 0 Å². The summed E-state index contributed by atoms with van der Waals surface area (Å²) in [7, 11) is 51.5. The van der Waals surface area contributed by atoms with Crippen LogP contribution in [-0.2, 0) is 0 Å². The van der Waals surface area contributed by atoms with Gasteiger partial charge < -0.3 is 33.0 Å². The summed E-state index contributed by atoms with van der Waals surface area (Å²) >= 11 is 1.72. The molecule has 0 saturated carbocycles. The van der Waals surface area contributed by atoms with E-state index in [-0.39, 0.29) is 0 Å². The summed E-state index contributed by atoms with van der Waals surface area (Å²) < 4.78 is 8.92. The van der Waals surface area contributed by atoms with Crippen LogP contribution in [0.2, 0.25) is 1.41 Å². The molecule has 0 aromatic heterocycles. The molecule has 0 aromatic rings. The predicted octanol–water partition coefficient (Wildman–Crippen LogP) is -6.08. The Bertz CT molecular complexity index is 256. The van der Waals surface area contributed by atoms with Crippen molar-refractivity contribution in [1.29, 1.82) is 0 Å². The molecule has 21 radical (unpaired) electrons. The Hall–Kier alpha value is 1.79. The normalized spacial score (nSPS) is 10.5. The zero-order valence-corrected chi connectivity index (χ0v) is 12.8. The van der Waals surface area contributed by atoms with Crippen molar-refractivity contribution in [1.82, 2.24) is 3.43 Å². The van der Waals surface area contributed by atoms with E-state index in [1.165, 1.54) is 0 Å². The second kappa shape index (κ2) is 9.74. The Morgan fingerprint density at radius 1 is 0.895 bits per heavy atom. The van der Waals surface area contributed by atoms with Crippen LogP contribution in [0.5, 0.6) is 0 Å². The Morgan fingerprint density at radius 2 is 1.32 bits per heavy atom. The van der Waals surface area contributed by atoms with Crippen LogP contribution < -0.4 is 3.43 Å². The fraction of sp³-hybridized carbons (Fsp3) is 0. The second-order valence-corrected chi connectivity index (χ2v) is 5.19. The molecule has 0 aliphatic heterocycles. The molecule has 0 bridgehead atoms. The fourth-order valence-electron chi connectivity index (χ4n) is 2.07. The molecule has 0 spiro atoms. The highest BCUT2D eigenvalue weighted by atomic mass is 127. The van der Waals surface area contributed by atoms with Gasteiger partial charge in [-0.25, -0.2) is 6.39 Å². The van der Waals surface area contributed by atoms with Crippen LogP contribution in [0.15, 0.2) is 0 Å². The minimum Gasteiger partial charge on any atom is -0.729 e. The maximum atomic E-state index is 7.86. The maximum Gasteiger partial charge on any atom is 0.126 e. The Balaban J connectivity index is 5.59. The van der Waals surface area contributed by atoms with Crippen molar-refractivity contribution >= 4 is 144 Å². The first kappa shape index (κ1) is 18.8. The van der Waals surface area contributed by atoms with Crippen LogP contribution in [0.3, 0.4) is 0 Å². The Labute approximate surface area is 148 Å². The van der Waals surface area contributed by atoms with Gasteiger partial charge >= 0.3 is 0 Å². The average Bonchev–Trinajstić information content (AvgIpc) is 2.25. The zero-order chi connectivity index (χ0) is 16.2. The Kier molecular flexibility index (Phi) is 9.66. The van der Waals surface area contributed by atoms with E-state index in [2.05, 4.69) is 0 Å². The monoisotopic (exact) mass is 331 g/mol. The van der Waals surface area contributed by atoms with Crippen LogP contribution >= 0.6 is 22.9 Å². The number of halogens is 1. The molecule has 0 fully saturated rings. The van der Waals surface area contributed by atoms with Crippen molar-refractivity contribution in [3.63, 3.8) is 0 Å². The first-order chi connectivity index (χ1) is 9.02. The molecule has 0 aliphatic rings. The number of hydrogen-bond acceptors (Lipinski definition) is 1. The van der Waals surface area contributed by atoms with Gasteiger partial charge in [0.2, 0.25) is 0 Å². The highest BCUT2D eigenvalue weighted by Gasteiger charge is 2.38. The van der Waals surface area contributed by atoms with E-state index in [0.717, 1.165) is 3.43 Å². The van der Waals surface area contributed by atoms with E-state index in [9.17, 15) is 0 Å². The van der Waals surface area contributed by atoms with Crippen LogP contribution in [0.25, 0.3) is 0 Å². The molecule has 1 N–H and O–H groups in total. The van der Waals surface area contributed by atoms with Gasteiger partial charge in [0.05, 0.1) is 0 Å². The lowest BCUT2D eigenvalue weighted by Crippen LogP contribution is -2.78. The highest BCUT2D eigenvalue weighted by Crippen LogP contribution is 2.03. The van der Waals surface area contributed by atoms with E-state index >= 15 is 0 Å². The SMILES string of the molecule is [3H]N(I)B(B(B([B])[B])B([B])[B-])B(B([B])[B])B([B])B([B-])[B-]. The Morgan fingerprint density at radius 3 is 1.53 bits per heavy atom. The summed E-state index contributed by atoms with van der Waals surface area (Å²) in [6, 6.07) is 0. The van der Waals surface area contributed by atoms with Gasteiger partial charge in [0.15, 0.2) is 0 Å². The van der Waals surface area contributed by atoms with E-state index in [1.54, 1.807) is 22.9 Å². The molecule has 19 heavy (non-hydrogen) atoms. The van der Waals surface area contributed by atoms with Crippen LogP contribution in [0.4, 0.5) is 0 Å². The van der Waals surface area contributed by atoms with Crippen molar-refractivity contribution in [3.8, 4) is 0 Å². The first-order valence-electron chi connectivity index (χ1n) is 6.21. The van der Waals surface area contributed by atoms with Gasteiger partial charge in [-0.1, -0.05) is 6.39 Å². The minimum absolute atomic E-state index is 0.668. The predicted molar refractivity (Wildman–Crippen MR) is 115 cm³/mol. The standard InChI is InChI=1S/B17HIN/c1-10(2)14(9)16(13(7)8)17(19-18)15(11(3)4)12(5)6/h19H/q-3/i/hT. The van der Waals surface area contributed by atoms with Gasteiger partial charge in [0.25, 0.3) is 0 Å². The third-order valence-corrected chi connectivity index (χ3v) is 3.77. The van der Waals surface area contributed by atoms with Crippen LogP contribution in [-0.4, -0.2) is 121 Å². The summed E-state index contributed by atoms with van der Waals surface area (Å²) in [5, 5.41) is 0. The summed E-state index contributed by atoms with van der Waals surface area (Å²) in [6.07, 6.45) is -5.66. The average molecular weight is 328 g/mol. The number of nitrogens with one attached hydrogen (secondary N) is 1. The molecule has 0 heterocycles. The van der Waals surface area contributed by atoms with E-state index in [4.69, 9.17) is 71.0 Å². The molecule has 1 nitrogen and oxygen atoms in total. The van der Waals surface area contributed by atoms with E-state index in [1.807, 2.05) is 0 Å². The van der Waals surface area contributed by atoms with Gasteiger partial charge in [0.1, 0.15) is 8.04 Å². The molecule has 0 aliphatic carbocycles. The van der Waals surface area contributed by atoms with Crippen LogP contribution in [0.1, 0.15) is 0 Å². The third-order valence-electron chi connectivity index (χ3n) is 3.12. The topological polar surface area (TPSA) is 12.0 Å². The van der Waals surface area contributed by atoms with E-state index in [0.29, 0.717) is 0 Å². The van der Waals surface area contributed by atoms with Crippen molar-refractivity contribution in [2.45, 2.75) is 0 Å². The first-order valence-corrected chi connectivity index (χ1v) is 6.73. The highest BCUT2D eigenvalue weighted by molar-refractivity contribution is 14.1. The summed E-state index contributed by atoms with van der Waals surface area (Å²) in [4.78, 5) is 0. The lowest BCUT2D eigenvalue weighted by Gasteiger charge is -2.50. The zero-order valence-electron chi connectivity index (χ0n) is 11.6. The van der Waals surface area contributed by atoms with Crippen molar-refractivity contribution in [2.75, 3.05) is 0 Å². The number of rotatable bonds is 8. The van der Waals surface area contributed by atoms with Gasteiger partial charge in [-0.05, 0) is 43.7 Å². The molecule has 67 valence electrons. The molecular weight excluding hydrogens is 325 g/mol. The minimum atomic E-state index is -0.896. The largest absolute Gasteiger partial charge is 0.729 e. The summed E-state index contributed by atoms with van der Waals surface area (Å²) in [5.41, 5.74) is 0. The summed E-state index contributed by atoms with van der Waals surface area (Å²) in [6.45, 7) is -0.708. The van der Waals surface area contributed by atoms with Gasteiger partial charge in [-0.2, -0.15) is 0 Å². The van der Waals surface area contributed by atoms with Gasteiger partial charge in [0, 0.05) is 51.1 Å². The van der Waals surface area contributed by atoms with Gasteiger partial charge in [-0.15, -0.1) is 0 Å². The molecule has 0 rings (SSSR count). The lowest BCUT2D eigenvalue weighted by atomic mass is 8.47. The quantitative estimate of drug-likeness (QED) is 0.266. The van der Waals surface area contributed by atoms with Crippen molar-refractivity contribution in [3.05, 3.63) is 0 Å². The van der Waals surface area contributed by atoms with Crippen molar-refractivity contribution in [2.24, 2.45) is 0 Å². The molecular formula is HB17IN-3. The second-order valence-electron chi connectivity index (χ2n) is 4.63.